The number of fused-ring (bicyclic) bond motifs is 3. The Morgan fingerprint density at radius 1 is 1.17 bits per heavy atom. The number of aromatic hydroxyl groups is 1. The number of phenolic OH excluding ortho intramolecular Hbond substituents is 1. The standard InChI is InChI=1S/C21H21NO8/c1-6-8-4-3-5-9(23)11(8)16(25)12-10(6)17(26)14-7(2)15(24)13(20(22)29)19(28)21(14,30)18(12)27/h3-5,7,10,13-15,17,23-24,26-27,30H,1H2,2H3,(H2,22,29)/t7-,10?,13?,14?,15?,17?,21?/m0/s1. The fourth-order valence-corrected chi connectivity index (χ4v) is 5.29. The van der Waals surface area contributed by atoms with Crippen LogP contribution in [0.4, 0.5) is 0 Å². The Balaban J connectivity index is 2.02. The van der Waals surface area contributed by atoms with Gasteiger partial charge in [-0.25, -0.2) is 0 Å². The molecule has 6 unspecified atom stereocenters. The van der Waals surface area contributed by atoms with E-state index in [0.29, 0.717) is 0 Å². The van der Waals surface area contributed by atoms with E-state index in [0.717, 1.165) is 0 Å². The zero-order valence-electron chi connectivity index (χ0n) is 15.9. The Labute approximate surface area is 170 Å². The van der Waals surface area contributed by atoms with E-state index in [1.165, 1.54) is 25.1 Å². The number of phenols is 1. The number of carbonyl (C=O) groups excluding carboxylic acids is 3. The predicted octanol–water partition coefficient (Wildman–Crippen LogP) is -0.567. The summed E-state index contributed by atoms with van der Waals surface area (Å²) in [7, 11) is 0. The molecule has 30 heavy (non-hydrogen) atoms. The SMILES string of the molecule is C=C1c2cccc(O)c2C(=O)C2=C(O)C3(O)C(=O)C(C(N)=O)C(O)[C@@H](C)C3C(O)C12. The van der Waals surface area contributed by atoms with Crippen molar-refractivity contribution in [3.63, 3.8) is 0 Å². The maximum atomic E-state index is 13.2. The van der Waals surface area contributed by atoms with E-state index in [1.54, 1.807) is 0 Å². The highest BCUT2D eigenvalue weighted by Crippen LogP contribution is 2.55. The van der Waals surface area contributed by atoms with Crippen molar-refractivity contribution in [1.29, 1.82) is 0 Å². The van der Waals surface area contributed by atoms with Crippen LogP contribution >= 0.6 is 0 Å². The third-order valence-corrected chi connectivity index (χ3v) is 6.77. The molecule has 1 amide bonds. The summed E-state index contributed by atoms with van der Waals surface area (Å²) in [6.45, 7) is 5.30. The molecule has 0 spiro atoms. The first-order valence-electron chi connectivity index (χ1n) is 9.37. The number of benzene rings is 1. The molecular weight excluding hydrogens is 394 g/mol. The maximum absolute atomic E-state index is 13.2. The first-order chi connectivity index (χ1) is 14.0. The van der Waals surface area contributed by atoms with Gasteiger partial charge >= 0.3 is 0 Å². The Morgan fingerprint density at radius 2 is 1.80 bits per heavy atom. The van der Waals surface area contributed by atoms with Crippen molar-refractivity contribution in [2.45, 2.75) is 24.7 Å². The van der Waals surface area contributed by atoms with Gasteiger partial charge in [0.25, 0.3) is 0 Å². The molecule has 9 nitrogen and oxygen atoms in total. The van der Waals surface area contributed by atoms with Crippen LogP contribution in [-0.4, -0.2) is 60.8 Å². The number of rotatable bonds is 1. The number of aliphatic hydroxyl groups is 4. The highest BCUT2D eigenvalue weighted by molar-refractivity contribution is 6.19. The summed E-state index contributed by atoms with van der Waals surface area (Å²) in [6, 6.07) is 4.26. The van der Waals surface area contributed by atoms with Gasteiger partial charge in [0, 0.05) is 11.8 Å². The molecule has 1 aromatic carbocycles. The van der Waals surface area contributed by atoms with Gasteiger partial charge < -0.3 is 31.3 Å². The van der Waals surface area contributed by atoms with Crippen LogP contribution in [0.2, 0.25) is 0 Å². The Morgan fingerprint density at radius 3 is 2.40 bits per heavy atom. The molecular formula is C21H21NO8. The highest BCUT2D eigenvalue weighted by Gasteiger charge is 2.67. The molecule has 0 saturated heterocycles. The van der Waals surface area contributed by atoms with Gasteiger partial charge in [-0.15, -0.1) is 0 Å². The van der Waals surface area contributed by atoms with Gasteiger partial charge in [0.1, 0.15) is 17.4 Å². The molecule has 0 bridgehead atoms. The molecule has 9 heteroatoms. The lowest BCUT2D eigenvalue weighted by atomic mass is 9.53. The Hall–Kier alpha value is -3.01. The van der Waals surface area contributed by atoms with Crippen LogP contribution < -0.4 is 5.73 Å². The molecule has 3 aliphatic rings. The predicted molar refractivity (Wildman–Crippen MR) is 102 cm³/mol. The molecule has 4 rings (SSSR count). The van der Waals surface area contributed by atoms with Gasteiger partial charge in [-0.05, 0) is 23.1 Å². The molecule has 0 heterocycles. The minimum absolute atomic E-state index is 0.183. The molecule has 158 valence electrons. The first kappa shape index (κ1) is 20.3. The van der Waals surface area contributed by atoms with Gasteiger partial charge in [0.15, 0.2) is 17.2 Å². The molecule has 1 aromatic rings. The summed E-state index contributed by atoms with van der Waals surface area (Å²) >= 11 is 0. The second-order valence-corrected chi connectivity index (χ2v) is 8.17. The zero-order chi connectivity index (χ0) is 22.3. The van der Waals surface area contributed by atoms with Crippen LogP contribution in [0.3, 0.4) is 0 Å². The molecule has 1 fully saturated rings. The fourth-order valence-electron chi connectivity index (χ4n) is 5.29. The summed E-state index contributed by atoms with van der Waals surface area (Å²) in [6.07, 6.45) is -3.21. The topological polar surface area (TPSA) is 178 Å². The van der Waals surface area contributed by atoms with Crippen molar-refractivity contribution in [2.75, 3.05) is 0 Å². The molecule has 0 radical (unpaired) electrons. The zero-order valence-corrected chi connectivity index (χ0v) is 15.9. The molecule has 0 aliphatic heterocycles. The minimum Gasteiger partial charge on any atom is -0.508 e. The van der Waals surface area contributed by atoms with Gasteiger partial charge in [0.2, 0.25) is 5.91 Å². The quantitative estimate of drug-likeness (QED) is 0.330. The van der Waals surface area contributed by atoms with Gasteiger partial charge in [-0.3, -0.25) is 14.4 Å². The number of ketones is 2. The van der Waals surface area contributed by atoms with Crippen molar-refractivity contribution in [3.05, 3.63) is 47.2 Å². The van der Waals surface area contributed by atoms with Crippen molar-refractivity contribution in [1.82, 2.24) is 0 Å². The van der Waals surface area contributed by atoms with E-state index in [9.17, 15) is 39.9 Å². The smallest absolute Gasteiger partial charge is 0.230 e. The number of carbonyl (C=O) groups is 3. The summed E-state index contributed by atoms with van der Waals surface area (Å²) < 4.78 is 0. The van der Waals surface area contributed by atoms with Crippen LogP contribution in [0, 0.1) is 23.7 Å². The third kappa shape index (κ3) is 2.19. The number of hydrogen-bond donors (Lipinski definition) is 6. The normalized spacial score (nSPS) is 38.1. The van der Waals surface area contributed by atoms with E-state index in [-0.39, 0.29) is 16.7 Å². The van der Waals surface area contributed by atoms with E-state index < -0.39 is 76.0 Å². The first-order valence-corrected chi connectivity index (χ1v) is 9.37. The van der Waals surface area contributed by atoms with Crippen LogP contribution in [0.15, 0.2) is 36.1 Å². The van der Waals surface area contributed by atoms with Crippen molar-refractivity contribution in [3.8, 4) is 5.75 Å². The van der Waals surface area contributed by atoms with Crippen LogP contribution in [0.25, 0.3) is 5.57 Å². The molecule has 3 aliphatic carbocycles. The number of hydrogen-bond acceptors (Lipinski definition) is 8. The number of primary amides is 1. The van der Waals surface area contributed by atoms with Crippen molar-refractivity contribution >= 4 is 23.0 Å². The summed E-state index contributed by atoms with van der Waals surface area (Å²) in [5.74, 6) is -10.3. The maximum Gasteiger partial charge on any atom is 0.230 e. The molecule has 7 N–H and O–H groups in total. The van der Waals surface area contributed by atoms with E-state index in [2.05, 4.69) is 6.58 Å². The number of Topliss-reactive ketones (excluding diaryl/α,β-unsaturated/α-hetero) is 2. The lowest BCUT2D eigenvalue weighted by molar-refractivity contribution is -0.188. The average Bonchev–Trinajstić information content (AvgIpc) is 2.67. The van der Waals surface area contributed by atoms with Crippen LogP contribution in [-0.2, 0) is 9.59 Å². The van der Waals surface area contributed by atoms with E-state index in [1.807, 2.05) is 0 Å². The number of nitrogens with two attached hydrogens (primary N) is 1. The second kappa shape index (κ2) is 6.24. The second-order valence-electron chi connectivity index (χ2n) is 8.17. The highest BCUT2D eigenvalue weighted by atomic mass is 16.4. The minimum atomic E-state index is -2.82. The largest absolute Gasteiger partial charge is 0.508 e. The van der Waals surface area contributed by atoms with Gasteiger partial charge in [-0.2, -0.15) is 0 Å². The lowest BCUT2D eigenvalue weighted by Gasteiger charge is -2.53. The average molecular weight is 415 g/mol. The Bertz CT molecular complexity index is 1060. The molecule has 1 saturated carbocycles. The number of aliphatic hydroxyl groups excluding tert-OH is 3. The summed E-state index contributed by atoms with van der Waals surface area (Å²) in [5, 5.41) is 54.1. The molecule has 0 aromatic heterocycles. The monoisotopic (exact) mass is 415 g/mol. The van der Waals surface area contributed by atoms with Crippen molar-refractivity contribution < 1.29 is 39.9 Å². The molecule has 7 atom stereocenters. The summed E-state index contributed by atoms with van der Waals surface area (Å²) in [4.78, 5) is 38.0. The van der Waals surface area contributed by atoms with Crippen LogP contribution in [0.1, 0.15) is 22.8 Å². The third-order valence-electron chi connectivity index (χ3n) is 6.77. The van der Waals surface area contributed by atoms with Gasteiger partial charge in [0.05, 0.1) is 23.3 Å². The van der Waals surface area contributed by atoms with E-state index >= 15 is 0 Å². The number of amides is 1. The van der Waals surface area contributed by atoms with Gasteiger partial charge in [-0.1, -0.05) is 25.6 Å². The fraction of sp³-hybridized carbons (Fsp3) is 0.381. The lowest BCUT2D eigenvalue weighted by Crippen LogP contribution is -2.69. The summed E-state index contributed by atoms with van der Waals surface area (Å²) in [5.41, 5.74) is 2.20. The van der Waals surface area contributed by atoms with Crippen molar-refractivity contribution in [2.24, 2.45) is 29.4 Å². The van der Waals surface area contributed by atoms with E-state index in [4.69, 9.17) is 5.73 Å². The van der Waals surface area contributed by atoms with Crippen LogP contribution in [0.5, 0.6) is 5.75 Å². The Kier molecular flexibility index (Phi) is 4.22.